The summed E-state index contributed by atoms with van der Waals surface area (Å²) in [5.41, 5.74) is 0.741. The number of pyridine rings is 1. The van der Waals surface area contributed by atoms with Crippen LogP contribution in [-0.4, -0.2) is 31.7 Å². The predicted octanol–water partition coefficient (Wildman–Crippen LogP) is 2.79. The summed E-state index contributed by atoms with van der Waals surface area (Å²) in [7, 11) is 0. The molecule has 0 atom stereocenters. The standard InChI is InChI=1S/C19H20N4O2S/c1-19(2,3)22-16(24)12-26-18-21-15-9-5-4-8-14(15)17(25)23(18)13-7-6-10-20-11-13/h4-11H,12H2,1-3H3,(H,22,24). The highest BCUT2D eigenvalue weighted by Gasteiger charge is 2.17. The van der Waals surface area contributed by atoms with Crippen LogP contribution in [0.25, 0.3) is 16.6 Å². The number of rotatable bonds is 4. The number of carbonyl (C=O) groups is 1. The van der Waals surface area contributed by atoms with Crippen molar-refractivity contribution in [3.05, 3.63) is 59.1 Å². The Labute approximate surface area is 155 Å². The Morgan fingerprint density at radius 3 is 2.65 bits per heavy atom. The van der Waals surface area contributed by atoms with E-state index in [0.717, 1.165) is 0 Å². The van der Waals surface area contributed by atoms with E-state index in [1.807, 2.05) is 32.9 Å². The number of nitrogens with zero attached hydrogens (tertiary/aromatic N) is 3. The number of benzene rings is 1. The van der Waals surface area contributed by atoms with Crippen molar-refractivity contribution in [3.63, 3.8) is 0 Å². The molecule has 3 rings (SSSR count). The number of hydrogen-bond donors (Lipinski definition) is 1. The highest BCUT2D eigenvalue weighted by atomic mass is 32.2. The Bertz CT molecular complexity index is 994. The zero-order chi connectivity index (χ0) is 18.7. The maximum absolute atomic E-state index is 13.0. The first-order valence-corrected chi connectivity index (χ1v) is 9.20. The lowest BCUT2D eigenvalue weighted by molar-refractivity contribution is -0.119. The maximum atomic E-state index is 13.0. The zero-order valence-electron chi connectivity index (χ0n) is 14.9. The van der Waals surface area contributed by atoms with Gasteiger partial charge in [0.2, 0.25) is 5.91 Å². The van der Waals surface area contributed by atoms with Gasteiger partial charge >= 0.3 is 0 Å². The normalized spacial score (nSPS) is 11.5. The Balaban J connectivity index is 2.03. The number of hydrogen-bond acceptors (Lipinski definition) is 5. The summed E-state index contributed by atoms with van der Waals surface area (Å²) in [6, 6.07) is 10.7. The predicted molar refractivity (Wildman–Crippen MR) is 104 cm³/mol. The molecule has 0 saturated carbocycles. The summed E-state index contributed by atoms with van der Waals surface area (Å²) in [5.74, 6) is 0.0603. The molecule has 2 aromatic heterocycles. The maximum Gasteiger partial charge on any atom is 0.266 e. The monoisotopic (exact) mass is 368 g/mol. The molecule has 0 aliphatic rings. The average Bonchev–Trinajstić information content (AvgIpc) is 2.59. The van der Waals surface area contributed by atoms with Crippen molar-refractivity contribution in [2.75, 3.05) is 5.75 Å². The van der Waals surface area contributed by atoms with Crippen molar-refractivity contribution in [1.82, 2.24) is 19.9 Å². The van der Waals surface area contributed by atoms with Gasteiger partial charge in [0.25, 0.3) is 5.56 Å². The highest BCUT2D eigenvalue weighted by molar-refractivity contribution is 7.99. The number of carbonyl (C=O) groups excluding carboxylic acids is 1. The lowest BCUT2D eigenvalue weighted by Gasteiger charge is -2.20. The smallest absolute Gasteiger partial charge is 0.266 e. The number of fused-ring (bicyclic) bond motifs is 1. The van der Waals surface area contributed by atoms with Crippen molar-refractivity contribution >= 4 is 28.6 Å². The number of thioether (sulfide) groups is 1. The fraction of sp³-hybridized carbons (Fsp3) is 0.263. The molecule has 0 fully saturated rings. The summed E-state index contributed by atoms with van der Waals surface area (Å²) in [6.07, 6.45) is 3.25. The highest BCUT2D eigenvalue weighted by Crippen LogP contribution is 2.21. The Morgan fingerprint density at radius 2 is 1.96 bits per heavy atom. The quantitative estimate of drug-likeness (QED) is 0.566. The second kappa shape index (κ2) is 7.29. The first-order chi connectivity index (χ1) is 12.3. The molecular formula is C19H20N4O2S. The summed E-state index contributed by atoms with van der Waals surface area (Å²) in [4.78, 5) is 33.9. The van der Waals surface area contributed by atoms with Gasteiger partial charge in [-0.3, -0.25) is 19.1 Å². The van der Waals surface area contributed by atoms with Gasteiger partial charge in [-0.15, -0.1) is 0 Å². The van der Waals surface area contributed by atoms with Gasteiger partial charge < -0.3 is 5.32 Å². The van der Waals surface area contributed by atoms with Gasteiger partial charge in [0.15, 0.2) is 5.16 Å². The van der Waals surface area contributed by atoms with Crippen LogP contribution >= 0.6 is 11.8 Å². The van der Waals surface area contributed by atoms with Crippen LogP contribution in [0.5, 0.6) is 0 Å². The molecule has 1 aromatic carbocycles. The molecule has 134 valence electrons. The number of para-hydroxylation sites is 1. The largest absolute Gasteiger partial charge is 0.351 e. The average molecular weight is 368 g/mol. The van der Waals surface area contributed by atoms with Crippen molar-refractivity contribution in [2.24, 2.45) is 0 Å². The molecule has 3 aromatic rings. The second-order valence-electron chi connectivity index (χ2n) is 6.85. The van der Waals surface area contributed by atoms with E-state index in [0.29, 0.717) is 21.7 Å². The van der Waals surface area contributed by atoms with E-state index in [-0.39, 0.29) is 22.8 Å². The van der Waals surface area contributed by atoms with E-state index in [1.54, 1.807) is 36.7 Å². The zero-order valence-corrected chi connectivity index (χ0v) is 15.7. The summed E-state index contributed by atoms with van der Waals surface area (Å²) < 4.78 is 1.50. The molecular weight excluding hydrogens is 348 g/mol. The first-order valence-electron chi connectivity index (χ1n) is 8.21. The molecule has 2 heterocycles. The third-order valence-corrected chi connectivity index (χ3v) is 4.43. The fourth-order valence-corrected chi connectivity index (χ4v) is 3.32. The summed E-state index contributed by atoms with van der Waals surface area (Å²) in [5, 5.41) is 3.90. The van der Waals surface area contributed by atoms with Crippen LogP contribution in [0.3, 0.4) is 0 Å². The Kier molecular flexibility index (Phi) is 5.08. The van der Waals surface area contributed by atoms with Gasteiger partial charge in [-0.1, -0.05) is 23.9 Å². The minimum atomic E-state index is -0.308. The SMILES string of the molecule is CC(C)(C)NC(=O)CSc1nc2ccccc2c(=O)n1-c1cccnc1. The fourth-order valence-electron chi connectivity index (χ4n) is 2.51. The number of amides is 1. The van der Waals surface area contributed by atoms with E-state index in [2.05, 4.69) is 15.3 Å². The molecule has 0 saturated heterocycles. The molecule has 7 heteroatoms. The minimum absolute atomic E-state index is 0.109. The third-order valence-electron chi connectivity index (χ3n) is 3.50. The van der Waals surface area contributed by atoms with Crippen LogP contribution in [0, 0.1) is 0 Å². The minimum Gasteiger partial charge on any atom is -0.351 e. The van der Waals surface area contributed by atoms with Gasteiger partial charge in [0.1, 0.15) is 0 Å². The van der Waals surface area contributed by atoms with E-state index < -0.39 is 0 Å². The van der Waals surface area contributed by atoms with Gasteiger partial charge in [0.05, 0.1) is 28.5 Å². The van der Waals surface area contributed by atoms with Crippen molar-refractivity contribution in [1.29, 1.82) is 0 Å². The Morgan fingerprint density at radius 1 is 1.19 bits per heavy atom. The lowest BCUT2D eigenvalue weighted by atomic mass is 10.1. The molecule has 26 heavy (non-hydrogen) atoms. The molecule has 0 radical (unpaired) electrons. The number of aromatic nitrogens is 3. The van der Waals surface area contributed by atoms with Crippen molar-refractivity contribution in [2.45, 2.75) is 31.5 Å². The molecule has 1 amide bonds. The number of nitrogens with one attached hydrogen (secondary N) is 1. The third kappa shape index (κ3) is 4.11. The van der Waals surface area contributed by atoms with Crippen LogP contribution < -0.4 is 10.9 Å². The van der Waals surface area contributed by atoms with Crippen molar-refractivity contribution in [3.8, 4) is 5.69 Å². The summed E-state index contributed by atoms with van der Waals surface area (Å²) >= 11 is 1.23. The molecule has 1 N–H and O–H groups in total. The summed E-state index contributed by atoms with van der Waals surface area (Å²) in [6.45, 7) is 5.78. The first kappa shape index (κ1) is 18.1. The lowest BCUT2D eigenvalue weighted by Crippen LogP contribution is -2.41. The molecule has 0 unspecified atom stereocenters. The molecule has 6 nitrogen and oxygen atoms in total. The van der Waals surface area contributed by atoms with Gasteiger partial charge in [-0.05, 0) is 45.0 Å². The van der Waals surface area contributed by atoms with Crippen LogP contribution in [0.2, 0.25) is 0 Å². The molecule has 0 bridgehead atoms. The molecule has 0 aliphatic heterocycles. The molecule has 0 aliphatic carbocycles. The van der Waals surface area contributed by atoms with E-state index in [4.69, 9.17) is 0 Å². The van der Waals surface area contributed by atoms with Gasteiger partial charge in [-0.2, -0.15) is 0 Å². The van der Waals surface area contributed by atoms with Crippen LogP contribution in [0.1, 0.15) is 20.8 Å². The van der Waals surface area contributed by atoms with Crippen LogP contribution in [0.4, 0.5) is 0 Å². The van der Waals surface area contributed by atoms with Crippen molar-refractivity contribution < 1.29 is 4.79 Å². The van der Waals surface area contributed by atoms with Gasteiger partial charge in [0, 0.05) is 11.7 Å². The van der Waals surface area contributed by atoms with E-state index >= 15 is 0 Å². The Hall–Kier alpha value is -2.67. The van der Waals surface area contributed by atoms with Crippen LogP contribution in [-0.2, 0) is 4.79 Å². The van der Waals surface area contributed by atoms with Gasteiger partial charge in [-0.25, -0.2) is 4.98 Å². The van der Waals surface area contributed by atoms with E-state index in [1.165, 1.54) is 16.3 Å². The molecule has 0 spiro atoms. The second-order valence-corrected chi connectivity index (χ2v) is 7.79. The topological polar surface area (TPSA) is 76.9 Å². The van der Waals surface area contributed by atoms with E-state index in [9.17, 15) is 9.59 Å². The van der Waals surface area contributed by atoms with Crippen LogP contribution in [0.15, 0.2) is 58.7 Å².